The summed E-state index contributed by atoms with van der Waals surface area (Å²) in [4.78, 5) is 0. The number of rotatable bonds is 2. The molecule has 0 fully saturated rings. The van der Waals surface area contributed by atoms with Crippen molar-refractivity contribution in [2.24, 2.45) is 5.73 Å². The summed E-state index contributed by atoms with van der Waals surface area (Å²) in [5, 5.41) is 9.63. The summed E-state index contributed by atoms with van der Waals surface area (Å²) >= 11 is 3.82. The van der Waals surface area contributed by atoms with E-state index in [1.165, 1.54) is 6.07 Å². The molecule has 0 aliphatic rings. The zero-order valence-electron chi connectivity index (χ0n) is 8.26. The molecular weight excluding hydrogens is 484 g/mol. The minimum atomic E-state index is -4.33. The normalized spacial score (nSPS) is 13.1. The molecule has 1 aromatic rings. The van der Waals surface area contributed by atoms with Gasteiger partial charge in [-0.2, -0.15) is 13.2 Å². The molecule has 0 saturated carbocycles. The van der Waals surface area contributed by atoms with Gasteiger partial charge in [-0.05, 0) is 57.3 Å². The van der Waals surface area contributed by atoms with Crippen molar-refractivity contribution >= 4 is 57.6 Å². The first kappa shape index (κ1) is 17.5. The highest BCUT2D eigenvalue weighted by Gasteiger charge is 2.32. The number of hydrogen-bond acceptors (Lipinski definition) is 2. The highest BCUT2D eigenvalue weighted by Crippen LogP contribution is 2.35. The van der Waals surface area contributed by atoms with E-state index >= 15 is 0 Å². The fourth-order valence-electron chi connectivity index (χ4n) is 1.23. The van der Waals surface area contributed by atoms with Gasteiger partial charge >= 0.3 is 6.18 Å². The predicted molar refractivity (Wildman–Crippen MR) is 78.4 cm³/mol. The Bertz CT molecular complexity index is 401. The van der Waals surface area contributed by atoms with Gasteiger partial charge in [0.15, 0.2) is 0 Å². The first-order valence-electron chi connectivity index (χ1n) is 4.21. The third kappa shape index (κ3) is 5.35. The number of halogens is 6. The van der Waals surface area contributed by atoms with Crippen molar-refractivity contribution in [2.45, 2.75) is 18.6 Å². The summed E-state index contributed by atoms with van der Waals surface area (Å²) in [6.45, 7) is 0. The molecule has 0 heterocycles. The fourth-order valence-corrected chi connectivity index (χ4v) is 3.12. The van der Waals surface area contributed by atoms with Crippen molar-refractivity contribution in [2.75, 3.05) is 0 Å². The Kier molecular flexibility index (Phi) is 6.82. The number of nitrogens with two attached hydrogens (primary N) is 1. The topological polar surface area (TPSA) is 46.2 Å². The van der Waals surface area contributed by atoms with Crippen LogP contribution < -0.4 is 5.73 Å². The van der Waals surface area contributed by atoms with Gasteiger partial charge in [0.25, 0.3) is 0 Å². The van der Waals surface area contributed by atoms with E-state index in [0.717, 1.165) is 3.57 Å². The molecule has 8 heteroatoms. The Morgan fingerprint density at radius 1 is 1.29 bits per heavy atom. The standard InChI is InChI=1S/C9H8F3I2NO.ClH/c10-9(11,12)3-7(15)5-1-4(13)2-6(14)8(5)16;/h1-2,7,16H,3,15H2;1H/t7-;/m1./s1. The van der Waals surface area contributed by atoms with Crippen molar-refractivity contribution in [1.29, 1.82) is 0 Å². The van der Waals surface area contributed by atoms with Crippen LogP contribution in [0, 0.1) is 7.14 Å². The van der Waals surface area contributed by atoms with Gasteiger partial charge in [0.2, 0.25) is 0 Å². The number of benzene rings is 1. The number of phenols is 1. The van der Waals surface area contributed by atoms with E-state index in [9.17, 15) is 18.3 Å². The van der Waals surface area contributed by atoms with Crippen molar-refractivity contribution in [3.63, 3.8) is 0 Å². The van der Waals surface area contributed by atoms with E-state index in [-0.39, 0.29) is 23.7 Å². The molecule has 3 N–H and O–H groups in total. The van der Waals surface area contributed by atoms with Crippen LogP contribution in [-0.4, -0.2) is 11.3 Å². The van der Waals surface area contributed by atoms with E-state index in [1.807, 2.05) is 45.2 Å². The third-order valence-corrected chi connectivity index (χ3v) is 3.35. The van der Waals surface area contributed by atoms with Gasteiger partial charge in [0.1, 0.15) is 5.75 Å². The maximum atomic E-state index is 12.2. The Balaban J connectivity index is 0.00000256. The van der Waals surface area contributed by atoms with Crippen LogP contribution in [0.3, 0.4) is 0 Å². The van der Waals surface area contributed by atoms with Gasteiger partial charge < -0.3 is 10.8 Å². The summed E-state index contributed by atoms with van der Waals surface area (Å²) in [5.41, 5.74) is 5.57. The minimum absolute atomic E-state index is 0. The van der Waals surface area contributed by atoms with Crippen molar-refractivity contribution in [3.8, 4) is 5.75 Å². The van der Waals surface area contributed by atoms with Crippen LogP contribution in [0.2, 0.25) is 0 Å². The lowest BCUT2D eigenvalue weighted by atomic mass is 10.0. The molecular formula is C9H9ClF3I2NO. The zero-order valence-corrected chi connectivity index (χ0v) is 13.4. The van der Waals surface area contributed by atoms with Crippen LogP contribution in [0.5, 0.6) is 5.75 Å². The Labute approximate surface area is 130 Å². The van der Waals surface area contributed by atoms with Crippen LogP contribution in [0.25, 0.3) is 0 Å². The summed E-state index contributed by atoms with van der Waals surface area (Å²) in [6, 6.07) is 1.90. The van der Waals surface area contributed by atoms with Crippen molar-refractivity contribution in [3.05, 3.63) is 24.8 Å². The lowest BCUT2D eigenvalue weighted by Gasteiger charge is -2.16. The van der Waals surface area contributed by atoms with E-state index in [4.69, 9.17) is 5.73 Å². The second kappa shape index (κ2) is 6.62. The zero-order chi connectivity index (χ0) is 12.5. The SMILES string of the molecule is Cl.N[C@H](CC(F)(F)F)c1cc(I)cc(I)c1O. The second-order valence-corrected chi connectivity index (χ2v) is 5.66. The van der Waals surface area contributed by atoms with Gasteiger partial charge in [-0.15, -0.1) is 12.4 Å². The van der Waals surface area contributed by atoms with Gasteiger partial charge in [0, 0.05) is 15.2 Å². The first-order valence-corrected chi connectivity index (χ1v) is 6.36. The van der Waals surface area contributed by atoms with Crippen LogP contribution in [0.4, 0.5) is 13.2 Å². The average Bonchev–Trinajstić information content (AvgIpc) is 2.08. The molecule has 0 aliphatic carbocycles. The molecule has 0 unspecified atom stereocenters. The van der Waals surface area contributed by atoms with Crippen molar-refractivity contribution < 1.29 is 18.3 Å². The van der Waals surface area contributed by atoms with Gasteiger partial charge in [-0.1, -0.05) is 0 Å². The molecule has 0 bridgehead atoms. The Hall–Kier alpha value is 0.520. The van der Waals surface area contributed by atoms with Crippen LogP contribution in [-0.2, 0) is 0 Å². The Morgan fingerprint density at radius 2 is 1.82 bits per heavy atom. The lowest BCUT2D eigenvalue weighted by molar-refractivity contribution is -0.138. The second-order valence-electron chi connectivity index (χ2n) is 3.25. The van der Waals surface area contributed by atoms with E-state index in [2.05, 4.69) is 0 Å². The number of alkyl halides is 3. The molecule has 0 amide bonds. The van der Waals surface area contributed by atoms with Crippen LogP contribution >= 0.6 is 57.6 Å². The maximum absolute atomic E-state index is 12.2. The summed E-state index contributed by atoms with van der Waals surface area (Å²) in [7, 11) is 0. The largest absolute Gasteiger partial charge is 0.506 e. The van der Waals surface area contributed by atoms with Gasteiger partial charge in [-0.3, -0.25) is 0 Å². The average molecular weight is 493 g/mol. The van der Waals surface area contributed by atoms with Gasteiger partial charge in [0.05, 0.1) is 9.99 Å². The maximum Gasteiger partial charge on any atom is 0.390 e. The number of phenolic OH excluding ortho intramolecular Hbond substituents is 1. The predicted octanol–water partition coefficient (Wildman–Crippen LogP) is 3.98. The minimum Gasteiger partial charge on any atom is -0.506 e. The van der Waals surface area contributed by atoms with E-state index in [1.54, 1.807) is 6.07 Å². The molecule has 17 heavy (non-hydrogen) atoms. The molecule has 1 aromatic carbocycles. The summed E-state index contributed by atoms with van der Waals surface area (Å²) in [6.07, 6.45) is -5.48. The molecule has 0 aliphatic heterocycles. The molecule has 0 radical (unpaired) electrons. The molecule has 0 saturated heterocycles. The summed E-state index contributed by atoms with van der Waals surface area (Å²) in [5.74, 6) is -0.169. The van der Waals surface area contributed by atoms with E-state index in [0.29, 0.717) is 3.57 Å². The highest BCUT2D eigenvalue weighted by molar-refractivity contribution is 14.1. The fraction of sp³-hybridized carbons (Fsp3) is 0.333. The lowest BCUT2D eigenvalue weighted by Crippen LogP contribution is -2.20. The monoisotopic (exact) mass is 493 g/mol. The number of hydrogen-bond donors (Lipinski definition) is 2. The van der Waals surface area contributed by atoms with E-state index < -0.39 is 18.6 Å². The Morgan fingerprint density at radius 3 is 2.29 bits per heavy atom. The smallest absolute Gasteiger partial charge is 0.390 e. The summed E-state index contributed by atoms with van der Waals surface area (Å²) < 4.78 is 37.7. The first-order chi connectivity index (χ1) is 7.20. The molecule has 2 nitrogen and oxygen atoms in total. The molecule has 0 aromatic heterocycles. The third-order valence-electron chi connectivity index (χ3n) is 1.91. The van der Waals surface area contributed by atoms with Crippen molar-refractivity contribution in [1.82, 2.24) is 0 Å². The highest BCUT2D eigenvalue weighted by atomic mass is 127. The van der Waals surface area contributed by atoms with Crippen LogP contribution in [0.1, 0.15) is 18.0 Å². The van der Waals surface area contributed by atoms with Gasteiger partial charge in [-0.25, -0.2) is 0 Å². The number of aromatic hydroxyl groups is 1. The van der Waals surface area contributed by atoms with Crippen LogP contribution in [0.15, 0.2) is 12.1 Å². The molecule has 98 valence electrons. The molecule has 0 spiro atoms. The quantitative estimate of drug-likeness (QED) is 0.613. The molecule has 1 atom stereocenters. The molecule has 1 rings (SSSR count).